The second-order valence-electron chi connectivity index (χ2n) is 5.29. The van der Waals surface area contributed by atoms with Gasteiger partial charge >= 0.3 is 0 Å². The molecule has 1 aromatic carbocycles. The molecule has 6 nitrogen and oxygen atoms in total. The highest BCUT2D eigenvalue weighted by Crippen LogP contribution is 2.29. The molecule has 6 heteroatoms. The van der Waals surface area contributed by atoms with Crippen LogP contribution in [0.25, 0.3) is 0 Å². The Kier molecular flexibility index (Phi) is 3.25. The van der Waals surface area contributed by atoms with Gasteiger partial charge in [0, 0.05) is 5.69 Å². The lowest BCUT2D eigenvalue weighted by Crippen LogP contribution is -2.19. The van der Waals surface area contributed by atoms with Crippen LogP contribution in [-0.4, -0.2) is 21.1 Å². The van der Waals surface area contributed by atoms with Crippen LogP contribution < -0.4 is 11.1 Å². The standard InChI is InChI=1S/C13H17N5O/c1-13(2,3)8-6-4-5-7-9(8)15-11(19)10-16-12(14)18-17-10/h4-7H,1-3H3,(H,15,19)(H3,14,16,17,18). The van der Waals surface area contributed by atoms with E-state index in [4.69, 9.17) is 5.73 Å². The van der Waals surface area contributed by atoms with Gasteiger partial charge in [0.05, 0.1) is 0 Å². The fraction of sp³-hybridized carbons (Fsp3) is 0.308. The quantitative estimate of drug-likeness (QED) is 0.767. The zero-order valence-electron chi connectivity index (χ0n) is 11.2. The van der Waals surface area contributed by atoms with Crippen LogP contribution in [0, 0.1) is 0 Å². The van der Waals surface area contributed by atoms with E-state index < -0.39 is 0 Å². The first-order valence-corrected chi connectivity index (χ1v) is 5.96. The summed E-state index contributed by atoms with van der Waals surface area (Å²) in [5, 5.41) is 8.94. The molecule has 0 radical (unpaired) electrons. The fourth-order valence-electron chi connectivity index (χ4n) is 1.80. The van der Waals surface area contributed by atoms with Crippen molar-refractivity contribution in [1.29, 1.82) is 0 Å². The number of nitrogens with one attached hydrogen (secondary N) is 2. The van der Waals surface area contributed by atoms with E-state index in [1.54, 1.807) is 0 Å². The van der Waals surface area contributed by atoms with Gasteiger partial charge in [-0.1, -0.05) is 39.0 Å². The van der Waals surface area contributed by atoms with Crippen LogP contribution in [-0.2, 0) is 5.41 Å². The fourth-order valence-corrected chi connectivity index (χ4v) is 1.80. The van der Waals surface area contributed by atoms with Crippen molar-refractivity contribution < 1.29 is 4.79 Å². The van der Waals surface area contributed by atoms with Crippen LogP contribution in [0.2, 0.25) is 0 Å². The van der Waals surface area contributed by atoms with E-state index in [0.29, 0.717) is 0 Å². The number of rotatable bonds is 2. The van der Waals surface area contributed by atoms with Crippen LogP contribution in [0.3, 0.4) is 0 Å². The van der Waals surface area contributed by atoms with Gasteiger partial charge in [0.15, 0.2) is 0 Å². The van der Waals surface area contributed by atoms with Gasteiger partial charge < -0.3 is 11.1 Å². The molecule has 0 bridgehead atoms. The van der Waals surface area contributed by atoms with Gasteiger partial charge in [-0.15, -0.1) is 5.10 Å². The minimum Gasteiger partial charge on any atom is -0.366 e. The molecule has 1 heterocycles. The molecule has 0 aliphatic rings. The summed E-state index contributed by atoms with van der Waals surface area (Å²) >= 11 is 0. The molecular weight excluding hydrogens is 242 g/mol. The Morgan fingerprint density at radius 1 is 1.32 bits per heavy atom. The van der Waals surface area contributed by atoms with Crippen molar-refractivity contribution in [2.24, 2.45) is 0 Å². The number of carbonyl (C=O) groups is 1. The van der Waals surface area contributed by atoms with Crippen molar-refractivity contribution in [3.05, 3.63) is 35.7 Å². The summed E-state index contributed by atoms with van der Waals surface area (Å²) < 4.78 is 0. The van der Waals surface area contributed by atoms with Gasteiger partial charge in [0.25, 0.3) is 5.91 Å². The van der Waals surface area contributed by atoms with Crippen LogP contribution in [0.5, 0.6) is 0 Å². The highest BCUT2D eigenvalue weighted by Gasteiger charge is 2.19. The first-order valence-electron chi connectivity index (χ1n) is 5.96. The van der Waals surface area contributed by atoms with Crippen LogP contribution in [0.15, 0.2) is 24.3 Å². The average molecular weight is 259 g/mol. The zero-order chi connectivity index (χ0) is 14.0. The first-order chi connectivity index (χ1) is 8.88. The van der Waals surface area contributed by atoms with Crippen molar-refractivity contribution >= 4 is 17.5 Å². The topological polar surface area (TPSA) is 96.7 Å². The Morgan fingerprint density at radius 2 is 2.00 bits per heavy atom. The lowest BCUT2D eigenvalue weighted by molar-refractivity contribution is 0.101. The highest BCUT2D eigenvalue weighted by atomic mass is 16.2. The number of nitrogen functional groups attached to an aromatic ring is 1. The summed E-state index contributed by atoms with van der Waals surface area (Å²) in [6, 6.07) is 7.67. The molecule has 1 aromatic heterocycles. The molecule has 0 saturated carbocycles. The Morgan fingerprint density at radius 3 is 2.58 bits per heavy atom. The molecule has 0 saturated heterocycles. The maximum absolute atomic E-state index is 12.0. The minimum absolute atomic E-state index is 0.0502. The van der Waals surface area contributed by atoms with Crippen LogP contribution in [0.1, 0.15) is 37.0 Å². The predicted molar refractivity (Wildman–Crippen MR) is 73.9 cm³/mol. The molecule has 0 aliphatic heterocycles. The van der Waals surface area contributed by atoms with Gasteiger partial charge in [-0.05, 0) is 17.0 Å². The van der Waals surface area contributed by atoms with Gasteiger partial charge in [-0.2, -0.15) is 4.98 Å². The molecule has 0 aliphatic carbocycles. The van der Waals surface area contributed by atoms with E-state index in [1.165, 1.54) is 0 Å². The smallest absolute Gasteiger partial charge is 0.293 e. The number of hydrogen-bond acceptors (Lipinski definition) is 4. The predicted octanol–water partition coefficient (Wildman–Crippen LogP) is 1.94. The third-order valence-electron chi connectivity index (χ3n) is 2.70. The van der Waals surface area contributed by atoms with Crippen molar-refractivity contribution in [2.75, 3.05) is 11.1 Å². The molecule has 100 valence electrons. The van der Waals surface area contributed by atoms with Gasteiger partial charge in [0.2, 0.25) is 11.8 Å². The SMILES string of the molecule is CC(C)(C)c1ccccc1NC(=O)c1nc(N)n[nH]1. The average Bonchev–Trinajstić information content (AvgIpc) is 2.75. The zero-order valence-corrected chi connectivity index (χ0v) is 11.2. The largest absolute Gasteiger partial charge is 0.366 e. The number of carbonyl (C=O) groups excluding carboxylic acids is 1. The third kappa shape index (κ3) is 2.90. The molecular formula is C13H17N5O. The van der Waals surface area contributed by atoms with E-state index in [2.05, 4.69) is 41.3 Å². The molecule has 0 spiro atoms. The number of nitrogens with zero attached hydrogens (tertiary/aromatic N) is 2. The molecule has 0 atom stereocenters. The Balaban J connectivity index is 2.27. The van der Waals surface area contributed by atoms with Crippen molar-refractivity contribution in [3.8, 4) is 0 Å². The summed E-state index contributed by atoms with van der Waals surface area (Å²) in [7, 11) is 0. The lowest BCUT2D eigenvalue weighted by atomic mass is 9.86. The number of benzene rings is 1. The maximum Gasteiger partial charge on any atom is 0.293 e. The summed E-state index contributed by atoms with van der Waals surface area (Å²) in [6.07, 6.45) is 0. The Labute approximate surface area is 111 Å². The number of para-hydroxylation sites is 1. The highest BCUT2D eigenvalue weighted by molar-refractivity contribution is 6.02. The summed E-state index contributed by atoms with van der Waals surface area (Å²) in [6.45, 7) is 6.26. The second kappa shape index (κ2) is 4.72. The molecule has 0 fully saturated rings. The van der Waals surface area contributed by atoms with Crippen molar-refractivity contribution in [1.82, 2.24) is 15.2 Å². The summed E-state index contributed by atoms with van der Waals surface area (Å²) in [5.41, 5.74) is 7.12. The lowest BCUT2D eigenvalue weighted by Gasteiger charge is -2.22. The number of H-pyrrole nitrogens is 1. The molecule has 2 aromatic rings. The van der Waals surface area contributed by atoms with E-state index >= 15 is 0 Å². The Bertz CT molecular complexity index is 597. The molecule has 19 heavy (non-hydrogen) atoms. The van der Waals surface area contributed by atoms with Gasteiger partial charge in [0.1, 0.15) is 0 Å². The van der Waals surface area contributed by atoms with E-state index in [1.807, 2.05) is 24.3 Å². The minimum atomic E-state index is -0.360. The molecule has 1 amide bonds. The maximum atomic E-state index is 12.0. The van der Waals surface area contributed by atoms with Crippen molar-refractivity contribution in [2.45, 2.75) is 26.2 Å². The third-order valence-corrected chi connectivity index (χ3v) is 2.70. The van der Waals surface area contributed by atoms with Crippen LogP contribution >= 0.6 is 0 Å². The first kappa shape index (κ1) is 13.1. The normalized spacial score (nSPS) is 11.3. The van der Waals surface area contributed by atoms with E-state index in [9.17, 15) is 4.79 Å². The summed E-state index contributed by atoms with van der Waals surface area (Å²) in [4.78, 5) is 15.8. The van der Waals surface area contributed by atoms with Crippen molar-refractivity contribution in [3.63, 3.8) is 0 Å². The van der Waals surface area contributed by atoms with Gasteiger partial charge in [-0.25, -0.2) is 0 Å². The number of aromatic amines is 1. The number of hydrogen-bond donors (Lipinski definition) is 3. The molecule has 0 unspecified atom stereocenters. The van der Waals surface area contributed by atoms with Crippen LogP contribution in [0.4, 0.5) is 11.6 Å². The summed E-state index contributed by atoms with van der Waals surface area (Å²) in [5.74, 6) is -0.212. The van der Waals surface area contributed by atoms with Gasteiger partial charge in [-0.3, -0.25) is 9.89 Å². The monoisotopic (exact) mass is 259 g/mol. The van der Waals surface area contributed by atoms with E-state index in [-0.39, 0.29) is 23.1 Å². The number of aromatic nitrogens is 3. The number of anilines is 2. The van der Waals surface area contributed by atoms with E-state index in [0.717, 1.165) is 11.3 Å². The number of nitrogens with two attached hydrogens (primary N) is 1. The molecule has 2 rings (SSSR count). The Hall–Kier alpha value is -2.37. The molecule has 4 N–H and O–H groups in total. The second-order valence-corrected chi connectivity index (χ2v) is 5.29. The number of amides is 1.